The number of benzene rings is 3. The number of aromatic hydroxyl groups is 1. The first-order chi connectivity index (χ1) is 18.4. The topological polar surface area (TPSA) is 107 Å². The molecular formula is C30H37N3O4S. The molecule has 38 heavy (non-hydrogen) atoms. The zero-order valence-corrected chi connectivity index (χ0v) is 22.8. The molecule has 0 amide bonds. The first kappa shape index (κ1) is 28.0. The molecule has 0 aliphatic heterocycles. The van der Waals surface area contributed by atoms with Gasteiger partial charge >= 0.3 is 4.87 Å². The summed E-state index contributed by atoms with van der Waals surface area (Å²) in [5.74, 6) is 0.0109. The van der Waals surface area contributed by atoms with Crippen LogP contribution in [0.4, 0.5) is 0 Å². The Kier molecular flexibility index (Phi) is 10.1. The highest BCUT2D eigenvalue weighted by atomic mass is 32.1. The number of phenolic OH excluding ortho intramolecular Hbond substituents is 1. The standard InChI is InChI=1S/C30H37N3O4S/c1-20(2)37-17-5-15-31-18-23-6-3-4-7-24(23)22-10-8-21(9-11-22)14-16-32-19-27(35)25-12-13-26(34)28-29(25)38-30(36)33-28/h3-4,6-13,20,27,31-32,34-35H,5,14-19H2,1-2H3,(H,33,36). The Balaban J connectivity index is 1.26. The number of rotatable bonds is 14. The van der Waals surface area contributed by atoms with Gasteiger partial charge in [0.25, 0.3) is 0 Å². The zero-order chi connectivity index (χ0) is 26.9. The summed E-state index contributed by atoms with van der Waals surface area (Å²) in [6.45, 7) is 7.70. The lowest BCUT2D eigenvalue weighted by Gasteiger charge is -2.14. The van der Waals surface area contributed by atoms with Crippen molar-refractivity contribution < 1.29 is 14.9 Å². The molecule has 3 aromatic carbocycles. The van der Waals surface area contributed by atoms with Crippen LogP contribution in [-0.2, 0) is 17.7 Å². The van der Waals surface area contributed by atoms with Crippen LogP contribution in [0.5, 0.6) is 5.75 Å². The van der Waals surface area contributed by atoms with Crippen LogP contribution in [0.3, 0.4) is 0 Å². The van der Waals surface area contributed by atoms with Crippen LogP contribution in [0.2, 0.25) is 0 Å². The van der Waals surface area contributed by atoms with Gasteiger partial charge in [0.05, 0.1) is 16.9 Å². The van der Waals surface area contributed by atoms with Gasteiger partial charge < -0.3 is 30.6 Å². The third-order valence-electron chi connectivity index (χ3n) is 6.42. The molecule has 0 fully saturated rings. The molecule has 4 aromatic rings. The van der Waals surface area contributed by atoms with Gasteiger partial charge in [-0.15, -0.1) is 0 Å². The number of aliphatic hydroxyl groups is 1. The van der Waals surface area contributed by atoms with Crippen LogP contribution in [0.1, 0.15) is 43.1 Å². The van der Waals surface area contributed by atoms with Gasteiger partial charge in [0.15, 0.2) is 0 Å². The first-order valence-electron chi connectivity index (χ1n) is 13.2. The van der Waals surface area contributed by atoms with Crippen molar-refractivity contribution in [3.63, 3.8) is 0 Å². The molecule has 0 radical (unpaired) electrons. The van der Waals surface area contributed by atoms with Gasteiger partial charge in [-0.05, 0) is 68.1 Å². The number of nitrogens with one attached hydrogen (secondary N) is 3. The van der Waals surface area contributed by atoms with Crippen molar-refractivity contribution in [1.29, 1.82) is 0 Å². The Morgan fingerprint density at radius 3 is 2.58 bits per heavy atom. The van der Waals surface area contributed by atoms with Crippen molar-refractivity contribution in [2.45, 2.75) is 45.4 Å². The smallest absolute Gasteiger partial charge is 0.305 e. The lowest BCUT2D eigenvalue weighted by molar-refractivity contribution is 0.0770. The van der Waals surface area contributed by atoms with E-state index in [4.69, 9.17) is 4.74 Å². The maximum Gasteiger partial charge on any atom is 0.305 e. The molecule has 1 heterocycles. The normalized spacial score (nSPS) is 12.4. The third kappa shape index (κ3) is 7.52. The number of aromatic amines is 1. The Bertz CT molecular complexity index is 1360. The largest absolute Gasteiger partial charge is 0.506 e. The van der Waals surface area contributed by atoms with Gasteiger partial charge in [0.2, 0.25) is 0 Å². The maximum atomic E-state index is 11.7. The summed E-state index contributed by atoms with van der Waals surface area (Å²) in [5.41, 5.74) is 5.93. The van der Waals surface area contributed by atoms with E-state index in [0.717, 1.165) is 43.9 Å². The second-order valence-electron chi connectivity index (χ2n) is 9.67. The molecule has 0 aliphatic rings. The van der Waals surface area contributed by atoms with Crippen molar-refractivity contribution in [1.82, 2.24) is 15.6 Å². The van der Waals surface area contributed by atoms with Gasteiger partial charge in [0.1, 0.15) is 11.3 Å². The summed E-state index contributed by atoms with van der Waals surface area (Å²) in [7, 11) is 0. The number of hydrogen-bond acceptors (Lipinski definition) is 7. The molecule has 0 spiro atoms. The molecule has 5 N–H and O–H groups in total. The van der Waals surface area contributed by atoms with E-state index in [1.165, 1.54) is 28.3 Å². The molecule has 0 bridgehead atoms. The van der Waals surface area contributed by atoms with Crippen molar-refractivity contribution in [3.05, 3.63) is 87.0 Å². The van der Waals surface area contributed by atoms with Gasteiger partial charge in [-0.2, -0.15) is 0 Å². The Morgan fingerprint density at radius 2 is 1.79 bits per heavy atom. The Labute approximate surface area is 227 Å². The van der Waals surface area contributed by atoms with E-state index in [1.807, 2.05) is 0 Å². The molecule has 4 rings (SSSR count). The highest BCUT2D eigenvalue weighted by molar-refractivity contribution is 7.16. The molecule has 1 atom stereocenters. The van der Waals surface area contributed by atoms with E-state index in [1.54, 1.807) is 6.07 Å². The van der Waals surface area contributed by atoms with Gasteiger partial charge in [-0.1, -0.05) is 65.9 Å². The summed E-state index contributed by atoms with van der Waals surface area (Å²) in [6.07, 6.45) is 1.32. The molecule has 0 saturated carbocycles. The molecule has 202 valence electrons. The average Bonchev–Trinajstić information content (AvgIpc) is 3.31. The number of hydrogen-bond donors (Lipinski definition) is 5. The van der Waals surface area contributed by atoms with E-state index in [-0.39, 0.29) is 16.7 Å². The van der Waals surface area contributed by atoms with Gasteiger partial charge in [0, 0.05) is 25.3 Å². The van der Waals surface area contributed by atoms with Crippen molar-refractivity contribution in [3.8, 4) is 16.9 Å². The van der Waals surface area contributed by atoms with E-state index in [9.17, 15) is 15.0 Å². The Morgan fingerprint density at radius 1 is 1.00 bits per heavy atom. The summed E-state index contributed by atoms with van der Waals surface area (Å²) < 4.78 is 6.20. The van der Waals surface area contributed by atoms with Crippen LogP contribution in [-0.4, -0.2) is 47.5 Å². The molecule has 1 aromatic heterocycles. The summed E-state index contributed by atoms with van der Waals surface area (Å²) >= 11 is 0.998. The van der Waals surface area contributed by atoms with Crippen molar-refractivity contribution >= 4 is 21.6 Å². The predicted octanol–water partition coefficient (Wildman–Crippen LogP) is 4.73. The first-order valence-corrected chi connectivity index (χ1v) is 14.0. The molecule has 0 aliphatic carbocycles. The zero-order valence-electron chi connectivity index (χ0n) is 22.0. The third-order valence-corrected chi connectivity index (χ3v) is 7.35. The quantitative estimate of drug-likeness (QED) is 0.150. The van der Waals surface area contributed by atoms with E-state index in [2.05, 4.69) is 78.0 Å². The summed E-state index contributed by atoms with van der Waals surface area (Å²) in [6, 6.07) is 20.3. The fraction of sp³-hybridized carbons (Fsp3) is 0.367. The van der Waals surface area contributed by atoms with Crippen LogP contribution in [0.25, 0.3) is 21.3 Å². The Hall–Kier alpha value is -3.01. The van der Waals surface area contributed by atoms with Gasteiger partial charge in [-0.25, -0.2) is 0 Å². The fourth-order valence-corrected chi connectivity index (χ4v) is 5.35. The number of fused-ring (bicyclic) bond motifs is 1. The average molecular weight is 536 g/mol. The number of ether oxygens (including phenoxy) is 1. The SMILES string of the molecule is CC(C)OCCCNCc1ccccc1-c1ccc(CCNCC(O)c2ccc(O)c3[nH]c(=O)sc23)cc1. The number of H-pyrrole nitrogens is 1. The minimum atomic E-state index is -0.778. The minimum absolute atomic E-state index is 0.0109. The highest BCUT2D eigenvalue weighted by Gasteiger charge is 2.16. The van der Waals surface area contributed by atoms with E-state index in [0.29, 0.717) is 28.9 Å². The second-order valence-corrected chi connectivity index (χ2v) is 10.6. The van der Waals surface area contributed by atoms with Crippen molar-refractivity contribution in [2.75, 3.05) is 26.2 Å². The number of aliphatic hydroxyl groups excluding tert-OH is 1. The van der Waals surface area contributed by atoms with Crippen LogP contribution < -0.4 is 15.5 Å². The minimum Gasteiger partial charge on any atom is -0.506 e. The molecule has 8 heteroatoms. The molecule has 0 saturated heterocycles. The molecular weight excluding hydrogens is 498 g/mol. The van der Waals surface area contributed by atoms with Crippen LogP contribution in [0.15, 0.2) is 65.5 Å². The number of thiazole rings is 1. The number of phenols is 1. The number of aromatic nitrogens is 1. The maximum absolute atomic E-state index is 11.7. The fourth-order valence-electron chi connectivity index (χ4n) is 4.43. The lowest BCUT2D eigenvalue weighted by atomic mass is 9.98. The monoisotopic (exact) mass is 535 g/mol. The van der Waals surface area contributed by atoms with Crippen LogP contribution in [0, 0.1) is 0 Å². The van der Waals surface area contributed by atoms with E-state index < -0.39 is 6.10 Å². The van der Waals surface area contributed by atoms with Gasteiger partial charge in [-0.3, -0.25) is 4.79 Å². The predicted molar refractivity (Wildman–Crippen MR) is 155 cm³/mol. The van der Waals surface area contributed by atoms with Crippen molar-refractivity contribution in [2.24, 2.45) is 0 Å². The van der Waals surface area contributed by atoms with Crippen LogP contribution >= 0.6 is 11.3 Å². The highest BCUT2D eigenvalue weighted by Crippen LogP contribution is 2.31. The lowest BCUT2D eigenvalue weighted by Crippen LogP contribution is -2.23. The van der Waals surface area contributed by atoms with E-state index >= 15 is 0 Å². The molecule has 7 nitrogen and oxygen atoms in total. The summed E-state index contributed by atoms with van der Waals surface area (Å²) in [5, 5.41) is 27.4. The summed E-state index contributed by atoms with van der Waals surface area (Å²) in [4.78, 5) is 14.1. The second kappa shape index (κ2) is 13.7. The molecule has 1 unspecified atom stereocenters.